The first-order valence-electron chi connectivity index (χ1n) is 6.19. The molecular formula is C13H18O4S. The van der Waals surface area contributed by atoms with Crippen LogP contribution in [-0.2, 0) is 16.3 Å². The van der Waals surface area contributed by atoms with E-state index in [1.54, 1.807) is 18.2 Å². The number of sulfone groups is 1. The Labute approximate surface area is 108 Å². The Balaban J connectivity index is 2.19. The lowest BCUT2D eigenvalue weighted by molar-refractivity contribution is 0.186. The molecule has 0 radical (unpaired) electrons. The molecule has 2 rings (SSSR count). The van der Waals surface area contributed by atoms with Crippen LogP contribution in [0.2, 0.25) is 0 Å². The summed E-state index contributed by atoms with van der Waals surface area (Å²) in [7, 11) is -3.41. The molecular weight excluding hydrogens is 252 g/mol. The molecule has 0 amide bonds. The van der Waals surface area contributed by atoms with Crippen molar-refractivity contribution in [2.75, 3.05) is 12.4 Å². The summed E-state index contributed by atoms with van der Waals surface area (Å²) >= 11 is 0. The maximum absolute atomic E-state index is 12.1. The van der Waals surface area contributed by atoms with Gasteiger partial charge in [-0.1, -0.05) is 13.3 Å². The fraction of sp³-hybridized carbons (Fsp3) is 0.538. The van der Waals surface area contributed by atoms with Gasteiger partial charge >= 0.3 is 0 Å². The number of rotatable bonds is 5. The van der Waals surface area contributed by atoms with E-state index in [4.69, 9.17) is 4.74 Å². The first-order chi connectivity index (χ1) is 8.53. The van der Waals surface area contributed by atoms with Gasteiger partial charge in [0.05, 0.1) is 23.4 Å². The molecule has 1 heterocycles. The first-order valence-corrected chi connectivity index (χ1v) is 7.84. The second-order valence-corrected chi connectivity index (χ2v) is 6.63. The average molecular weight is 270 g/mol. The van der Waals surface area contributed by atoms with E-state index in [2.05, 4.69) is 0 Å². The summed E-state index contributed by atoms with van der Waals surface area (Å²) < 4.78 is 29.6. The highest BCUT2D eigenvalue weighted by atomic mass is 32.2. The summed E-state index contributed by atoms with van der Waals surface area (Å²) in [6, 6.07) is 4.91. The molecule has 0 saturated carbocycles. The van der Waals surface area contributed by atoms with Crippen molar-refractivity contribution in [3.05, 3.63) is 23.8 Å². The third-order valence-electron chi connectivity index (χ3n) is 3.05. The third kappa shape index (κ3) is 2.84. The average Bonchev–Trinajstić information content (AvgIpc) is 2.75. The Hall–Kier alpha value is -1.07. The van der Waals surface area contributed by atoms with Crippen LogP contribution in [0.1, 0.15) is 25.3 Å². The monoisotopic (exact) mass is 270 g/mol. The van der Waals surface area contributed by atoms with E-state index in [1.807, 2.05) is 6.92 Å². The van der Waals surface area contributed by atoms with Gasteiger partial charge in [0.25, 0.3) is 0 Å². The molecule has 1 N–H and O–H groups in total. The number of hydrogen-bond acceptors (Lipinski definition) is 4. The van der Waals surface area contributed by atoms with Gasteiger partial charge in [-0.3, -0.25) is 0 Å². The molecule has 1 aromatic rings. The Kier molecular flexibility index (Phi) is 3.92. The van der Waals surface area contributed by atoms with Gasteiger partial charge < -0.3 is 9.84 Å². The van der Waals surface area contributed by atoms with Crippen molar-refractivity contribution < 1.29 is 18.3 Å². The molecule has 0 aromatic heterocycles. The molecule has 5 heteroatoms. The zero-order valence-corrected chi connectivity index (χ0v) is 11.2. The van der Waals surface area contributed by atoms with E-state index < -0.39 is 15.9 Å². The van der Waals surface area contributed by atoms with E-state index in [1.165, 1.54) is 0 Å². The largest absolute Gasteiger partial charge is 0.493 e. The standard InChI is InChI=1S/C13H18O4S/c1-2-3-11(14)9-18(15,16)12-4-5-13-10(8-12)6-7-17-13/h4-5,8,11,14H,2-3,6-7,9H2,1H3. The lowest BCUT2D eigenvalue weighted by atomic mass is 10.2. The number of hydrogen-bond donors (Lipinski definition) is 1. The van der Waals surface area contributed by atoms with Gasteiger partial charge in [0.1, 0.15) is 5.75 Å². The maximum Gasteiger partial charge on any atom is 0.180 e. The van der Waals surface area contributed by atoms with Crippen molar-refractivity contribution in [2.45, 2.75) is 37.2 Å². The predicted octanol–water partition coefficient (Wildman–Crippen LogP) is 1.56. The normalized spacial score (nSPS) is 16.1. The molecule has 18 heavy (non-hydrogen) atoms. The summed E-state index contributed by atoms with van der Waals surface area (Å²) in [4.78, 5) is 0.280. The van der Waals surface area contributed by atoms with Crippen molar-refractivity contribution >= 4 is 9.84 Å². The van der Waals surface area contributed by atoms with Gasteiger partial charge in [0.2, 0.25) is 0 Å². The zero-order chi connectivity index (χ0) is 13.2. The van der Waals surface area contributed by atoms with E-state index in [9.17, 15) is 13.5 Å². The summed E-state index contributed by atoms with van der Waals surface area (Å²) in [5.74, 6) is 0.559. The Morgan fingerprint density at radius 1 is 1.44 bits per heavy atom. The highest BCUT2D eigenvalue weighted by Gasteiger charge is 2.22. The van der Waals surface area contributed by atoms with Crippen molar-refractivity contribution in [3.63, 3.8) is 0 Å². The van der Waals surface area contributed by atoms with Crippen LogP contribution in [0.25, 0.3) is 0 Å². The van der Waals surface area contributed by atoms with Gasteiger partial charge in [-0.05, 0) is 30.2 Å². The summed E-state index contributed by atoms with van der Waals surface area (Å²) in [5.41, 5.74) is 0.932. The highest BCUT2D eigenvalue weighted by Crippen LogP contribution is 2.28. The highest BCUT2D eigenvalue weighted by molar-refractivity contribution is 7.91. The maximum atomic E-state index is 12.1. The van der Waals surface area contributed by atoms with E-state index in [-0.39, 0.29) is 10.6 Å². The quantitative estimate of drug-likeness (QED) is 0.882. The second-order valence-electron chi connectivity index (χ2n) is 4.59. The van der Waals surface area contributed by atoms with Gasteiger partial charge in [0.15, 0.2) is 9.84 Å². The summed E-state index contributed by atoms with van der Waals surface area (Å²) in [6.45, 7) is 2.53. The van der Waals surface area contributed by atoms with Crippen LogP contribution in [0.5, 0.6) is 5.75 Å². The minimum atomic E-state index is -3.41. The summed E-state index contributed by atoms with van der Waals surface area (Å²) in [5, 5.41) is 9.64. The minimum absolute atomic E-state index is 0.208. The predicted molar refractivity (Wildman–Crippen MR) is 68.6 cm³/mol. The molecule has 100 valence electrons. The van der Waals surface area contributed by atoms with Crippen molar-refractivity contribution in [3.8, 4) is 5.75 Å². The van der Waals surface area contributed by atoms with E-state index in [0.717, 1.165) is 24.2 Å². The number of ether oxygens (including phenoxy) is 1. The topological polar surface area (TPSA) is 63.6 Å². The SMILES string of the molecule is CCCC(O)CS(=O)(=O)c1ccc2c(c1)CCO2. The smallest absolute Gasteiger partial charge is 0.180 e. The van der Waals surface area contributed by atoms with Gasteiger partial charge in [-0.15, -0.1) is 0 Å². The second kappa shape index (κ2) is 5.28. The van der Waals surface area contributed by atoms with Crippen LogP contribution < -0.4 is 4.74 Å². The van der Waals surface area contributed by atoms with Crippen molar-refractivity contribution in [2.24, 2.45) is 0 Å². The minimum Gasteiger partial charge on any atom is -0.493 e. The Morgan fingerprint density at radius 2 is 2.22 bits per heavy atom. The molecule has 1 aliphatic rings. The Bertz CT molecular complexity index is 522. The molecule has 1 atom stereocenters. The molecule has 0 fully saturated rings. The number of aliphatic hydroxyl groups is 1. The molecule has 1 unspecified atom stereocenters. The molecule has 0 saturated heterocycles. The van der Waals surface area contributed by atoms with E-state index >= 15 is 0 Å². The lowest BCUT2D eigenvalue weighted by Crippen LogP contribution is -2.20. The Morgan fingerprint density at radius 3 is 2.94 bits per heavy atom. The first kappa shape index (κ1) is 13.4. The molecule has 0 spiro atoms. The van der Waals surface area contributed by atoms with Crippen LogP contribution in [0, 0.1) is 0 Å². The van der Waals surface area contributed by atoms with Crippen LogP contribution in [0.4, 0.5) is 0 Å². The fourth-order valence-corrected chi connectivity index (χ4v) is 3.59. The molecule has 1 aliphatic heterocycles. The van der Waals surface area contributed by atoms with Crippen LogP contribution >= 0.6 is 0 Å². The van der Waals surface area contributed by atoms with Crippen molar-refractivity contribution in [1.82, 2.24) is 0 Å². The zero-order valence-electron chi connectivity index (χ0n) is 10.4. The van der Waals surface area contributed by atoms with E-state index in [0.29, 0.717) is 13.0 Å². The van der Waals surface area contributed by atoms with Gasteiger partial charge in [-0.2, -0.15) is 0 Å². The molecule has 4 nitrogen and oxygen atoms in total. The molecule has 1 aromatic carbocycles. The summed E-state index contributed by atoms with van der Waals surface area (Å²) in [6.07, 6.45) is 1.24. The fourth-order valence-electron chi connectivity index (χ4n) is 2.12. The third-order valence-corrected chi connectivity index (χ3v) is 4.85. The van der Waals surface area contributed by atoms with Crippen molar-refractivity contribution in [1.29, 1.82) is 0 Å². The van der Waals surface area contributed by atoms with Crippen LogP contribution in [-0.4, -0.2) is 32.0 Å². The number of benzene rings is 1. The van der Waals surface area contributed by atoms with Crippen LogP contribution in [0.3, 0.4) is 0 Å². The number of fused-ring (bicyclic) bond motifs is 1. The molecule has 0 aliphatic carbocycles. The van der Waals surface area contributed by atoms with Crippen LogP contribution in [0.15, 0.2) is 23.1 Å². The van der Waals surface area contributed by atoms with Gasteiger partial charge in [0, 0.05) is 6.42 Å². The number of aliphatic hydroxyl groups excluding tert-OH is 1. The lowest BCUT2D eigenvalue weighted by Gasteiger charge is -2.10. The molecule has 0 bridgehead atoms. The van der Waals surface area contributed by atoms with Gasteiger partial charge in [-0.25, -0.2) is 8.42 Å².